The Morgan fingerprint density at radius 3 is 1.43 bits per heavy atom. The molecule has 2 N–H and O–H groups in total. The number of hydrogen-bond acceptors (Lipinski definition) is 6. The molecule has 288 valence electrons. The lowest BCUT2D eigenvalue weighted by Gasteiger charge is -2.10. The number of nitrogens with zero attached hydrogens (tertiary/aromatic N) is 6. The van der Waals surface area contributed by atoms with Gasteiger partial charge in [0, 0.05) is 76.8 Å². The molecule has 2 amide bonds. The zero-order chi connectivity index (χ0) is 36.8. The van der Waals surface area contributed by atoms with Crippen molar-refractivity contribution in [2.24, 2.45) is 0 Å². The minimum atomic E-state index is -0.397. The maximum Gasteiger partial charge on any atom is 0.257 e. The van der Waals surface area contributed by atoms with Crippen molar-refractivity contribution in [2.75, 3.05) is 10.6 Å². The van der Waals surface area contributed by atoms with Crippen LogP contribution in [0.2, 0.25) is 0 Å². The summed E-state index contributed by atoms with van der Waals surface area (Å²) < 4.78 is 33.2. The van der Waals surface area contributed by atoms with Gasteiger partial charge in [-0.1, -0.05) is 0 Å². The Morgan fingerprint density at radius 1 is 0.554 bits per heavy atom. The molecule has 0 saturated heterocycles. The maximum atomic E-state index is 14.9. The molecule has 10 rings (SSSR count). The second-order valence-electron chi connectivity index (χ2n) is 14.6. The van der Waals surface area contributed by atoms with Crippen LogP contribution in [0.1, 0.15) is 119 Å². The van der Waals surface area contributed by atoms with Gasteiger partial charge in [-0.05, 0) is 124 Å². The fourth-order valence-corrected chi connectivity index (χ4v) is 6.63. The predicted octanol–water partition coefficient (Wildman–Crippen LogP) is 9.67. The standard InChI is InChI=1S/2C21H19FN4O.2ClH/c22-17-11-16(24-21(27)15-7-9-23-10-8-15)5-6-19(17)26-20(14-3-4-14)12-18(25-26)13-1-2-13;22-17-10-16(24-21(27)15-2-1-9-23-12-15)7-8-19(17)26-20(14-5-6-14)11-18(25-26)13-3-4-13;;/h5-14H,1-4H2,(H,24,27);1-2,7-14H,3-6H2,(H,24,27);2*1H. The van der Waals surface area contributed by atoms with Crippen molar-refractivity contribution >= 4 is 48.0 Å². The molecule has 4 fully saturated rings. The Bertz CT molecular complexity index is 2190. The van der Waals surface area contributed by atoms with Crippen molar-refractivity contribution in [2.45, 2.75) is 75.0 Å². The van der Waals surface area contributed by atoms with Crippen LogP contribution < -0.4 is 10.6 Å². The van der Waals surface area contributed by atoms with E-state index in [1.807, 2.05) is 0 Å². The summed E-state index contributed by atoms with van der Waals surface area (Å²) in [6.07, 6.45) is 15.4. The Labute approximate surface area is 335 Å². The minimum absolute atomic E-state index is 0. The van der Waals surface area contributed by atoms with E-state index in [1.54, 1.807) is 76.5 Å². The van der Waals surface area contributed by atoms with E-state index < -0.39 is 11.6 Å². The van der Waals surface area contributed by atoms with Gasteiger partial charge in [0.2, 0.25) is 0 Å². The van der Waals surface area contributed by atoms with E-state index in [4.69, 9.17) is 0 Å². The lowest BCUT2D eigenvalue weighted by Crippen LogP contribution is -2.12. The molecule has 0 bridgehead atoms. The van der Waals surface area contributed by atoms with E-state index in [9.17, 15) is 18.4 Å². The Balaban J connectivity index is 0.000000166. The van der Waals surface area contributed by atoms with E-state index in [1.165, 1.54) is 44.0 Å². The smallest absolute Gasteiger partial charge is 0.257 e. The zero-order valence-corrected chi connectivity index (χ0v) is 31.9. The van der Waals surface area contributed by atoms with Crippen molar-refractivity contribution in [3.63, 3.8) is 0 Å². The Hall–Kier alpha value is -5.46. The van der Waals surface area contributed by atoms with Crippen LogP contribution in [-0.4, -0.2) is 41.3 Å². The molecule has 0 spiro atoms. The first-order chi connectivity index (χ1) is 26.4. The number of aromatic nitrogens is 6. The number of carbonyl (C=O) groups is 2. The van der Waals surface area contributed by atoms with Gasteiger partial charge in [-0.25, -0.2) is 18.1 Å². The molecule has 6 aromatic rings. The first kappa shape index (κ1) is 38.8. The molecule has 0 radical (unpaired) electrons. The maximum absolute atomic E-state index is 14.9. The van der Waals surface area contributed by atoms with Crippen molar-refractivity contribution in [1.29, 1.82) is 0 Å². The molecule has 4 aliphatic carbocycles. The molecule has 4 aliphatic rings. The summed E-state index contributed by atoms with van der Waals surface area (Å²) in [4.78, 5) is 32.3. The topological polar surface area (TPSA) is 120 Å². The highest BCUT2D eigenvalue weighted by Crippen LogP contribution is 2.47. The molecular formula is C42H40Cl2F2N8O2. The third-order valence-corrected chi connectivity index (χ3v) is 10.2. The highest BCUT2D eigenvalue weighted by molar-refractivity contribution is 6.04. The van der Waals surface area contributed by atoms with Crippen LogP contribution in [0.4, 0.5) is 20.2 Å². The number of nitrogens with one attached hydrogen (secondary N) is 2. The molecule has 4 heterocycles. The van der Waals surface area contributed by atoms with E-state index >= 15 is 0 Å². The van der Waals surface area contributed by atoms with Gasteiger partial charge in [-0.2, -0.15) is 10.2 Å². The number of carbonyl (C=O) groups excluding carboxylic acids is 2. The number of anilines is 2. The van der Waals surface area contributed by atoms with E-state index in [2.05, 4.69) is 42.9 Å². The molecule has 0 aliphatic heterocycles. The molecule has 0 unspecified atom stereocenters. The van der Waals surface area contributed by atoms with Crippen LogP contribution in [0.5, 0.6) is 0 Å². The number of hydrogen-bond donors (Lipinski definition) is 2. The molecule has 0 atom stereocenters. The summed E-state index contributed by atoms with van der Waals surface area (Å²) in [5.41, 5.74) is 6.96. The quantitative estimate of drug-likeness (QED) is 0.143. The van der Waals surface area contributed by atoms with Crippen LogP contribution in [0, 0.1) is 11.6 Å². The molecule has 4 saturated carbocycles. The van der Waals surface area contributed by atoms with Gasteiger partial charge >= 0.3 is 0 Å². The average molecular weight is 798 g/mol. The van der Waals surface area contributed by atoms with E-state index in [0.29, 0.717) is 57.5 Å². The summed E-state index contributed by atoms with van der Waals surface area (Å²) in [6, 6.07) is 20.4. The summed E-state index contributed by atoms with van der Waals surface area (Å²) in [5.74, 6) is 0.629. The number of rotatable bonds is 10. The Kier molecular flexibility index (Phi) is 11.3. The van der Waals surface area contributed by atoms with Gasteiger partial charge in [-0.3, -0.25) is 19.6 Å². The van der Waals surface area contributed by atoms with Gasteiger partial charge in [-0.15, -0.1) is 24.8 Å². The van der Waals surface area contributed by atoms with Crippen LogP contribution in [0.3, 0.4) is 0 Å². The zero-order valence-electron chi connectivity index (χ0n) is 30.3. The van der Waals surface area contributed by atoms with E-state index in [0.717, 1.165) is 48.5 Å². The number of pyridine rings is 2. The molecular weight excluding hydrogens is 757 g/mol. The van der Waals surface area contributed by atoms with Gasteiger partial charge in [0.25, 0.3) is 11.8 Å². The molecule has 14 heteroatoms. The van der Waals surface area contributed by atoms with Crippen molar-refractivity contribution in [3.05, 3.63) is 143 Å². The lowest BCUT2D eigenvalue weighted by molar-refractivity contribution is 0.101. The fourth-order valence-electron chi connectivity index (χ4n) is 6.63. The van der Waals surface area contributed by atoms with Gasteiger partial charge in [0.05, 0.1) is 17.0 Å². The van der Waals surface area contributed by atoms with Gasteiger partial charge in [0.15, 0.2) is 11.6 Å². The Morgan fingerprint density at radius 2 is 1.02 bits per heavy atom. The minimum Gasteiger partial charge on any atom is -0.322 e. The largest absolute Gasteiger partial charge is 0.322 e. The van der Waals surface area contributed by atoms with E-state index in [-0.39, 0.29) is 36.6 Å². The molecule has 10 nitrogen and oxygen atoms in total. The first-order valence-corrected chi connectivity index (χ1v) is 18.6. The second kappa shape index (κ2) is 16.3. The highest BCUT2D eigenvalue weighted by Gasteiger charge is 2.35. The fraction of sp³-hybridized carbons (Fsp3) is 0.286. The van der Waals surface area contributed by atoms with Gasteiger partial charge < -0.3 is 10.6 Å². The SMILES string of the molecule is Cl.Cl.O=C(Nc1ccc(-n2nc(C3CC3)cc2C2CC2)c(F)c1)c1cccnc1.O=C(Nc1ccc(-n2nc(C3CC3)cc2C2CC2)c(F)c1)c1ccncc1. The van der Waals surface area contributed by atoms with Crippen molar-refractivity contribution in [3.8, 4) is 11.4 Å². The summed E-state index contributed by atoms with van der Waals surface area (Å²) in [5, 5.41) is 14.8. The number of halogens is 4. The summed E-state index contributed by atoms with van der Waals surface area (Å²) in [7, 11) is 0. The van der Waals surface area contributed by atoms with Gasteiger partial charge in [0.1, 0.15) is 11.4 Å². The lowest BCUT2D eigenvalue weighted by atomic mass is 10.2. The average Bonchev–Trinajstić information content (AvgIpc) is 3.97. The second-order valence-corrected chi connectivity index (χ2v) is 14.6. The summed E-state index contributed by atoms with van der Waals surface area (Å²) >= 11 is 0. The monoisotopic (exact) mass is 796 g/mol. The normalized spacial score (nSPS) is 15.8. The summed E-state index contributed by atoms with van der Waals surface area (Å²) in [6.45, 7) is 0. The molecule has 56 heavy (non-hydrogen) atoms. The third-order valence-electron chi connectivity index (χ3n) is 10.2. The van der Waals surface area contributed by atoms with Crippen molar-refractivity contribution in [1.82, 2.24) is 29.5 Å². The van der Waals surface area contributed by atoms with Crippen LogP contribution >= 0.6 is 24.8 Å². The number of amides is 2. The third kappa shape index (κ3) is 8.66. The van der Waals surface area contributed by atoms with Crippen LogP contribution in [-0.2, 0) is 0 Å². The first-order valence-electron chi connectivity index (χ1n) is 18.6. The predicted molar refractivity (Wildman–Crippen MR) is 214 cm³/mol. The molecule has 2 aromatic carbocycles. The molecule has 4 aromatic heterocycles. The van der Waals surface area contributed by atoms with Crippen LogP contribution in [0.25, 0.3) is 11.4 Å². The van der Waals surface area contributed by atoms with Crippen molar-refractivity contribution < 1.29 is 18.4 Å². The van der Waals surface area contributed by atoms with Crippen LogP contribution in [0.15, 0.2) is 97.6 Å². The number of benzene rings is 2. The highest BCUT2D eigenvalue weighted by atomic mass is 35.5.